The number of hydrogen-bond donors (Lipinski definition) is 0. The van der Waals surface area contributed by atoms with Crippen LogP contribution >= 0.6 is 0 Å². The van der Waals surface area contributed by atoms with Crippen molar-refractivity contribution in [2.45, 2.75) is 232 Å². The van der Waals surface area contributed by atoms with E-state index in [9.17, 15) is 14.4 Å². The number of esters is 3. The van der Waals surface area contributed by atoms with Crippen LogP contribution < -0.4 is 0 Å². The van der Waals surface area contributed by atoms with E-state index in [1.807, 2.05) is 0 Å². The third-order valence-corrected chi connectivity index (χ3v) is 9.96. The van der Waals surface area contributed by atoms with E-state index >= 15 is 0 Å². The standard InChI is InChI=1S/C51H88O6/c1-4-7-10-13-16-19-22-23-24-25-26-27-30-32-35-38-41-44-50(53)56-47-48(57-51(54)45-42-39-36-33-29-21-18-15-12-9-6-3)46-55-49(52)43-40-37-34-31-28-20-17-14-11-8-5-2/h14-19,23-24,26-27,48H,4-13,20-22,25,28-47H2,1-3H3/b17-14-,18-15-,19-16-,24-23-,27-26-/t48-/m1/s1. The summed E-state index contributed by atoms with van der Waals surface area (Å²) in [4.78, 5) is 37.8. The second-order valence-corrected chi connectivity index (χ2v) is 15.7. The van der Waals surface area contributed by atoms with Crippen LogP contribution in [0.25, 0.3) is 0 Å². The predicted molar refractivity (Wildman–Crippen MR) is 242 cm³/mol. The quantitative estimate of drug-likeness (QED) is 0.0265. The molecule has 0 N–H and O–H groups in total. The zero-order chi connectivity index (χ0) is 41.5. The van der Waals surface area contributed by atoms with Crippen LogP contribution in [0.3, 0.4) is 0 Å². The van der Waals surface area contributed by atoms with Gasteiger partial charge in [-0.1, -0.05) is 171 Å². The number of ether oxygens (including phenoxy) is 3. The topological polar surface area (TPSA) is 78.9 Å². The van der Waals surface area contributed by atoms with E-state index in [4.69, 9.17) is 14.2 Å². The highest BCUT2D eigenvalue weighted by Gasteiger charge is 2.19. The highest BCUT2D eigenvalue weighted by atomic mass is 16.6. The Morgan fingerprint density at radius 2 is 0.649 bits per heavy atom. The summed E-state index contributed by atoms with van der Waals surface area (Å²) in [6.45, 7) is 6.49. The average molecular weight is 797 g/mol. The number of rotatable bonds is 42. The van der Waals surface area contributed by atoms with Crippen molar-refractivity contribution in [1.82, 2.24) is 0 Å². The normalized spacial score (nSPS) is 12.5. The van der Waals surface area contributed by atoms with Gasteiger partial charge in [0.1, 0.15) is 13.2 Å². The molecule has 0 saturated heterocycles. The van der Waals surface area contributed by atoms with Crippen molar-refractivity contribution in [3.05, 3.63) is 60.8 Å². The first-order valence-corrected chi connectivity index (χ1v) is 23.8. The van der Waals surface area contributed by atoms with Crippen LogP contribution in [0, 0.1) is 0 Å². The maximum atomic E-state index is 12.7. The molecule has 0 spiro atoms. The van der Waals surface area contributed by atoms with Gasteiger partial charge < -0.3 is 14.2 Å². The lowest BCUT2D eigenvalue weighted by Crippen LogP contribution is -2.30. The minimum absolute atomic E-state index is 0.0898. The molecule has 6 nitrogen and oxygen atoms in total. The molecule has 0 aromatic heterocycles. The van der Waals surface area contributed by atoms with Crippen molar-refractivity contribution in [3.63, 3.8) is 0 Å². The van der Waals surface area contributed by atoms with E-state index in [1.54, 1.807) is 0 Å². The van der Waals surface area contributed by atoms with Crippen LogP contribution in [0.4, 0.5) is 0 Å². The molecule has 0 saturated carbocycles. The molecule has 0 amide bonds. The van der Waals surface area contributed by atoms with E-state index in [2.05, 4.69) is 81.5 Å². The van der Waals surface area contributed by atoms with Crippen LogP contribution in [-0.4, -0.2) is 37.2 Å². The molecule has 0 aliphatic heterocycles. The number of allylic oxidation sites excluding steroid dienone is 10. The highest BCUT2D eigenvalue weighted by Crippen LogP contribution is 2.13. The molecule has 0 fully saturated rings. The summed E-state index contributed by atoms with van der Waals surface area (Å²) in [7, 11) is 0. The van der Waals surface area contributed by atoms with E-state index < -0.39 is 6.10 Å². The molecule has 0 rings (SSSR count). The van der Waals surface area contributed by atoms with Crippen molar-refractivity contribution >= 4 is 17.9 Å². The zero-order valence-corrected chi connectivity index (χ0v) is 37.3. The molecule has 0 aliphatic rings. The lowest BCUT2D eigenvalue weighted by atomic mass is 10.1. The Balaban J connectivity index is 4.41. The fourth-order valence-corrected chi connectivity index (χ4v) is 6.29. The maximum Gasteiger partial charge on any atom is 0.306 e. The van der Waals surface area contributed by atoms with Gasteiger partial charge >= 0.3 is 17.9 Å². The van der Waals surface area contributed by atoms with Crippen molar-refractivity contribution in [3.8, 4) is 0 Å². The van der Waals surface area contributed by atoms with E-state index in [-0.39, 0.29) is 31.1 Å². The van der Waals surface area contributed by atoms with Crippen molar-refractivity contribution < 1.29 is 28.6 Å². The molecule has 0 aliphatic carbocycles. The third kappa shape index (κ3) is 44.1. The molecule has 0 radical (unpaired) electrons. The average Bonchev–Trinajstić information content (AvgIpc) is 3.21. The second-order valence-electron chi connectivity index (χ2n) is 15.7. The van der Waals surface area contributed by atoms with Gasteiger partial charge in [0.15, 0.2) is 6.10 Å². The Labute approximate surface area is 351 Å². The molecular formula is C51H88O6. The second kappa shape index (κ2) is 45.8. The van der Waals surface area contributed by atoms with E-state index in [0.717, 1.165) is 103 Å². The summed E-state index contributed by atoms with van der Waals surface area (Å²) >= 11 is 0. The Kier molecular flexibility index (Phi) is 43.5. The lowest BCUT2D eigenvalue weighted by Gasteiger charge is -2.18. The van der Waals surface area contributed by atoms with Crippen LogP contribution in [0.2, 0.25) is 0 Å². The largest absolute Gasteiger partial charge is 0.462 e. The molecule has 0 bridgehead atoms. The molecule has 0 heterocycles. The van der Waals surface area contributed by atoms with Crippen LogP contribution in [0.15, 0.2) is 60.8 Å². The lowest BCUT2D eigenvalue weighted by molar-refractivity contribution is -0.167. The monoisotopic (exact) mass is 797 g/mol. The number of hydrogen-bond acceptors (Lipinski definition) is 6. The molecule has 57 heavy (non-hydrogen) atoms. The summed E-state index contributed by atoms with van der Waals surface area (Å²) in [5.74, 6) is -0.934. The van der Waals surface area contributed by atoms with Gasteiger partial charge in [0.05, 0.1) is 0 Å². The van der Waals surface area contributed by atoms with Gasteiger partial charge in [-0.25, -0.2) is 0 Å². The van der Waals surface area contributed by atoms with Gasteiger partial charge in [-0.2, -0.15) is 0 Å². The summed E-state index contributed by atoms with van der Waals surface area (Å²) in [5.41, 5.74) is 0. The van der Waals surface area contributed by atoms with E-state index in [1.165, 1.54) is 83.5 Å². The van der Waals surface area contributed by atoms with Gasteiger partial charge in [-0.3, -0.25) is 14.4 Å². The van der Waals surface area contributed by atoms with Crippen molar-refractivity contribution in [2.24, 2.45) is 0 Å². The first-order valence-electron chi connectivity index (χ1n) is 23.8. The van der Waals surface area contributed by atoms with Crippen molar-refractivity contribution in [1.29, 1.82) is 0 Å². The minimum atomic E-state index is -0.788. The summed E-state index contributed by atoms with van der Waals surface area (Å²) < 4.78 is 16.7. The maximum absolute atomic E-state index is 12.7. The minimum Gasteiger partial charge on any atom is -0.462 e. The molecular weight excluding hydrogens is 709 g/mol. The Morgan fingerprint density at radius 3 is 1.05 bits per heavy atom. The first kappa shape index (κ1) is 54.1. The number of carbonyl (C=O) groups excluding carboxylic acids is 3. The Bertz CT molecular complexity index is 1050. The molecule has 0 unspecified atom stereocenters. The Morgan fingerprint density at radius 1 is 0.351 bits per heavy atom. The van der Waals surface area contributed by atoms with Gasteiger partial charge in [-0.15, -0.1) is 0 Å². The fourth-order valence-electron chi connectivity index (χ4n) is 6.29. The number of carbonyl (C=O) groups is 3. The van der Waals surface area contributed by atoms with Crippen molar-refractivity contribution in [2.75, 3.05) is 13.2 Å². The van der Waals surface area contributed by atoms with Gasteiger partial charge in [0, 0.05) is 19.3 Å². The molecule has 1 atom stereocenters. The van der Waals surface area contributed by atoms with Gasteiger partial charge in [0.2, 0.25) is 0 Å². The molecule has 0 aromatic rings. The molecule has 0 aromatic carbocycles. The molecule has 328 valence electrons. The van der Waals surface area contributed by atoms with Crippen LogP contribution in [-0.2, 0) is 28.6 Å². The van der Waals surface area contributed by atoms with Crippen LogP contribution in [0.5, 0.6) is 0 Å². The summed E-state index contributed by atoms with van der Waals surface area (Å²) in [5, 5.41) is 0. The highest BCUT2D eigenvalue weighted by molar-refractivity contribution is 5.71. The predicted octanol–water partition coefficient (Wildman–Crippen LogP) is 15.3. The van der Waals surface area contributed by atoms with Crippen LogP contribution in [0.1, 0.15) is 226 Å². The third-order valence-electron chi connectivity index (χ3n) is 9.96. The zero-order valence-electron chi connectivity index (χ0n) is 37.3. The fraction of sp³-hybridized carbons (Fsp3) is 0.745. The number of unbranched alkanes of at least 4 members (excludes halogenated alkanes) is 21. The van der Waals surface area contributed by atoms with Gasteiger partial charge in [-0.05, 0) is 96.3 Å². The first-order chi connectivity index (χ1) is 28.0. The Hall–Kier alpha value is -2.89. The SMILES string of the molecule is CCCC/C=C\CCCCCCCC(=O)OC[C@H](COC(=O)CCCCCC/C=C\C/C=C\C/C=C\CCCCC)OC(=O)CCCCCCC/C=C\CCCC. The van der Waals surface area contributed by atoms with Gasteiger partial charge in [0.25, 0.3) is 0 Å². The molecule has 6 heteroatoms. The summed E-state index contributed by atoms with van der Waals surface area (Å²) in [6.07, 6.45) is 54.8. The summed E-state index contributed by atoms with van der Waals surface area (Å²) in [6, 6.07) is 0. The van der Waals surface area contributed by atoms with E-state index in [0.29, 0.717) is 19.3 Å². The smallest absolute Gasteiger partial charge is 0.306 e.